The van der Waals surface area contributed by atoms with Crippen molar-refractivity contribution in [1.29, 1.82) is 0 Å². The van der Waals surface area contributed by atoms with Crippen molar-refractivity contribution in [3.8, 4) is 0 Å². The van der Waals surface area contributed by atoms with Gasteiger partial charge in [-0.25, -0.2) is 8.42 Å². The molecule has 0 bridgehead atoms. The first kappa shape index (κ1) is 26.2. The van der Waals surface area contributed by atoms with Crippen LogP contribution in [0.25, 0.3) is 10.8 Å². The molecule has 3 aromatic rings. The second-order valence-corrected chi connectivity index (χ2v) is 12.6. The number of aromatic nitrogens is 1. The van der Waals surface area contributed by atoms with Crippen LogP contribution in [0.4, 0.5) is 5.69 Å². The van der Waals surface area contributed by atoms with Crippen molar-refractivity contribution in [2.24, 2.45) is 5.92 Å². The Morgan fingerprint density at radius 1 is 0.946 bits per heavy atom. The lowest BCUT2D eigenvalue weighted by Gasteiger charge is -2.37. The van der Waals surface area contributed by atoms with E-state index >= 15 is 0 Å². The predicted molar refractivity (Wildman–Crippen MR) is 153 cm³/mol. The number of sulfonamides is 1. The van der Waals surface area contributed by atoms with Gasteiger partial charge >= 0.3 is 0 Å². The normalized spacial score (nSPS) is 19.2. The maximum Gasteiger partial charge on any atom is 0.224 e. The average Bonchev–Trinajstić information content (AvgIpc) is 2.93. The number of piperazine rings is 1. The lowest BCUT2D eigenvalue weighted by molar-refractivity contribution is 0.173. The Bertz CT molecular complexity index is 1320. The molecule has 0 aliphatic carbocycles. The van der Waals surface area contributed by atoms with Gasteiger partial charge in [0.15, 0.2) is 0 Å². The molecule has 2 aliphatic rings. The van der Waals surface area contributed by atoms with Crippen LogP contribution in [0.5, 0.6) is 0 Å². The molecule has 0 radical (unpaired) electrons. The van der Waals surface area contributed by atoms with E-state index in [9.17, 15) is 8.42 Å². The van der Waals surface area contributed by atoms with Crippen molar-refractivity contribution < 1.29 is 8.42 Å². The van der Waals surface area contributed by atoms with Gasteiger partial charge in [0, 0.05) is 62.4 Å². The number of hydrogen-bond donors (Lipinski definition) is 0. The Morgan fingerprint density at radius 3 is 2.32 bits per heavy atom. The van der Waals surface area contributed by atoms with Crippen molar-refractivity contribution in [3.63, 3.8) is 0 Å². The summed E-state index contributed by atoms with van der Waals surface area (Å²) in [7, 11) is -3.54. The Labute approximate surface area is 225 Å². The van der Waals surface area contributed by atoms with Crippen LogP contribution in [0, 0.1) is 5.92 Å². The zero-order valence-electron chi connectivity index (χ0n) is 21.2. The molecule has 1 aromatic heterocycles. The molecule has 3 heterocycles. The Hall–Kier alpha value is -2.45. The Balaban J connectivity index is 1.13. The van der Waals surface area contributed by atoms with Crippen LogP contribution in [0.2, 0.25) is 5.02 Å². The summed E-state index contributed by atoms with van der Waals surface area (Å²) in [6.07, 6.45) is 8.85. The highest BCUT2D eigenvalue weighted by molar-refractivity contribution is 7.89. The molecule has 2 fully saturated rings. The van der Waals surface area contributed by atoms with E-state index in [1.807, 2.05) is 48.8 Å². The number of rotatable bonds is 8. The topological polar surface area (TPSA) is 56.8 Å². The number of pyridine rings is 1. The summed E-state index contributed by atoms with van der Waals surface area (Å²) < 4.78 is 28.8. The van der Waals surface area contributed by atoms with E-state index in [0.29, 0.717) is 18.1 Å². The largest absolute Gasteiger partial charge is 0.371 e. The van der Waals surface area contributed by atoms with E-state index < -0.39 is 15.3 Å². The summed E-state index contributed by atoms with van der Waals surface area (Å²) in [5.41, 5.74) is 2.00. The lowest BCUT2D eigenvalue weighted by atomic mass is 9.93. The minimum absolute atomic E-state index is 0.524. The van der Waals surface area contributed by atoms with Crippen molar-refractivity contribution >= 4 is 38.1 Å². The van der Waals surface area contributed by atoms with Gasteiger partial charge in [0.1, 0.15) is 5.25 Å². The molecule has 1 atom stereocenters. The summed E-state index contributed by atoms with van der Waals surface area (Å²) in [6.45, 7) is 9.68. The predicted octanol–water partition coefficient (Wildman–Crippen LogP) is 5.37. The third-order valence-electron chi connectivity index (χ3n) is 7.88. The van der Waals surface area contributed by atoms with E-state index in [2.05, 4.69) is 33.5 Å². The summed E-state index contributed by atoms with van der Waals surface area (Å²) in [5, 5.41) is 1.87. The molecule has 2 saturated heterocycles. The molecule has 0 amide bonds. The Morgan fingerprint density at radius 2 is 1.62 bits per heavy atom. The first-order chi connectivity index (χ1) is 17.9. The minimum atomic E-state index is -3.54. The van der Waals surface area contributed by atoms with Gasteiger partial charge in [-0.05, 0) is 78.4 Å². The van der Waals surface area contributed by atoms with Gasteiger partial charge in [0.25, 0.3) is 0 Å². The molecule has 0 spiro atoms. The van der Waals surface area contributed by atoms with Crippen LogP contribution in [0.3, 0.4) is 0 Å². The fourth-order valence-corrected chi connectivity index (χ4v) is 7.52. The van der Waals surface area contributed by atoms with Crippen molar-refractivity contribution in [1.82, 2.24) is 14.2 Å². The molecule has 1 unspecified atom stereocenters. The molecule has 37 heavy (non-hydrogen) atoms. The number of piperidine rings is 1. The van der Waals surface area contributed by atoms with E-state index in [1.165, 1.54) is 24.9 Å². The first-order valence-corrected chi connectivity index (χ1v) is 15.0. The van der Waals surface area contributed by atoms with Crippen LogP contribution in [0.15, 0.2) is 73.6 Å². The van der Waals surface area contributed by atoms with E-state index in [0.717, 1.165) is 55.0 Å². The molecule has 2 aliphatic heterocycles. The maximum atomic E-state index is 13.6. The second kappa shape index (κ2) is 11.5. The molecule has 0 saturated carbocycles. The van der Waals surface area contributed by atoms with Gasteiger partial charge in [0.2, 0.25) is 10.0 Å². The number of benzene rings is 2. The standard InChI is InChI=1S/C29H35ClN4O2S/c1-2-29(26-4-3-25-22-27(30)6-5-24(25)21-26)37(35,36)34-19-17-32(18-20-34)14-9-23-10-15-33(16-11-23)28-7-12-31-13-8-28/h2-8,12-13,21-23,29H,1,9-11,14-20H2. The molecule has 8 heteroatoms. The first-order valence-electron chi connectivity index (χ1n) is 13.1. The molecule has 5 rings (SSSR count). The highest BCUT2D eigenvalue weighted by Crippen LogP contribution is 2.31. The van der Waals surface area contributed by atoms with Gasteiger partial charge < -0.3 is 9.80 Å². The van der Waals surface area contributed by atoms with Crippen molar-refractivity contribution in [2.45, 2.75) is 24.5 Å². The summed E-state index contributed by atoms with van der Waals surface area (Å²) in [5.74, 6) is 0.729. The van der Waals surface area contributed by atoms with Gasteiger partial charge in [-0.15, -0.1) is 6.58 Å². The molecule has 6 nitrogen and oxygen atoms in total. The molecular formula is C29H35ClN4O2S. The van der Waals surface area contributed by atoms with Gasteiger partial charge in [0.05, 0.1) is 0 Å². The zero-order chi connectivity index (χ0) is 25.8. The van der Waals surface area contributed by atoms with E-state index in [1.54, 1.807) is 10.4 Å². The fraction of sp³-hybridized carbons (Fsp3) is 0.414. The third-order valence-corrected chi connectivity index (χ3v) is 10.3. The quantitative estimate of drug-likeness (QED) is 0.361. The van der Waals surface area contributed by atoms with Crippen LogP contribution < -0.4 is 4.90 Å². The smallest absolute Gasteiger partial charge is 0.224 e. The zero-order valence-corrected chi connectivity index (χ0v) is 22.7. The SMILES string of the molecule is C=CC(c1ccc2cc(Cl)ccc2c1)S(=O)(=O)N1CCN(CCC2CCN(c3ccncc3)CC2)CC1. The third kappa shape index (κ3) is 6.01. The molecule has 0 N–H and O–H groups in total. The minimum Gasteiger partial charge on any atom is -0.371 e. The number of anilines is 1. The molecular weight excluding hydrogens is 504 g/mol. The van der Waals surface area contributed by atoms with Crippen LogP contribution in [-0.4, -0.2) is 68.4 Å². The number of nitrogens with zero attached hydrogens (tertiary/aromatic N) is 4. The lowest BCUT2D eigenvalue weighted by Crippen LogP contribution is -2.50. The number of fused-ring (bicyclic) bond motifs is 1. The van der Waals surface area contributed by atoms with Gasteiger partial charge in [-0.2, -0.15) is 4.31 Å². The van der Waals surface area contributed by atoms with Gasteiger partial charge in [-0.1, -0.05) is 35.9 Å². The summed E-state index contributed by atoms with van der Waals surface area (Å²) in [4.78, 5) is 8.99. The molecule has 196 valence electrons. The Kier molecular flexibility index (Phi) is 8.15. The van der Waals surface area contributed by atoms with Crippen LogP contribution in [0.1, 0.15) is 30.1 Å². The van der Waals surface area contributed by atoms with E-state index in [-0.39, 0.29) is 0 Å². The van der Waals surface area contributed by atoms with Crippen LogP contribution in [-0.2, 0) is 10.0 Å². The maximum absolute atomic E-state index is 13.6. The second-order valence-electron chi connectivity index (χ2n) is 10.1. The average molecular weight is 539 g/mol. The molecule has 2 aromatic carbocycles. The van der Waals surface area contributed by atoms with Crippen LogP contribution >= 0.6 is 11.6 Å². The van der Waals surface area contributed by atoms with Gasteiger partial charge in [-0.3, -0.25) is 4.98 Å². The highest BCUT2D eigenvalue weighted by Gasteiger charge is 2.34. The summed E-state index contributed by atoms with van der Waals surface area (Å²) in [6, 6.07) is 15.6. The summed E-state index contributed by atoms with van der Waals surface area (Å²) >= 11 is 6.10. The van der Waals surface area contributed by atoms with E-state index in [4.69, 9.17) is 11.6 Å². The van der Waals surface area contributed by atoms with Crippen molar-refractivity contribution in [3.05, 3.63) is 84.2 Å². The fourth-order valence-electron chi connectivity index (χ4n) is 5.61. The number of halogens is 1. The highest BCUT2D eigenvalue weighted by atomic mass is 35.5. The monoisotopic (exact) mass is 538 g/mol. The number of hydrogen-bond acceptors (Lipinski definition) is 5. The van der Waals surface area contributed by atoms with Crippen molar-refractivity contribution in [2.75, 3.05) is 50.7 Å².